The lowest BCUT2D eigenvalue weighted by atomic mass is 9.86. The van der Waals surface area contributed by atoms with Crippen molar-refractivity contribution in [2.24, 2.45) is 5.73 Å². The van der Waals surface area contributed by atoms with Crippen LogP contribution in [0, 0.1) is 0 Å². The second-order valence-corrected chi connectivity index (χ2v) is 3.88. The van der Waals surface area contributed by atoms with E-state index in [1.54, 1.807) is 6.07 Å². The van der Waals surface area contributed by atoms with Gasteiger partial charge in [0.1, 0.15) is 5.60 Å². The van der Waals surface area contributed by atoms with Crippen molar-refractivity contribution in [2.75, 3.05) is 13.2 Å². The van der Waals surface area contributed by atoms with E-state index in [4.69, 9.17) is 10.5 Å². The molecule has 1 fully saturated rings. The van der Waals surface area contributed by atoms with Crippen molar-refractivity contribution in [1.82, 2.24) is 0 Å². The maximum absolute atomic E-state index is 12.5. The normalized spacial score (nSPS) is 25.2. The summed E-state index contributed by atoms with van der Waals surface area (Å²) in [6.45, 7) is 0.752. The molecule has 0 spiro atoms. The topological polar surface area (TPSA) is 35.2 Å². The number of hydrogen-bond acceptors (Lipinski definition) is 2. The molecule has 5 heteroatoms. The minimum absolute atomic E-state index is 0.203. The zero-order valence-electron chi connectivity index (χ0n) is 8.55. The molecule has 1 aromatic carbocycles. The maximum atomic E-state index is 12.5. The molecule has 16 heavy (non-hydrogen) atoms. The van der Waals surface area contributed by atoms with Crippen LogP contribution in [-0.2, 0) is 16.5 Å². The summed E-state index contributed by atoms with van der Waals surface area (Å²) in [5.74, 6) is 0. The van der Waals surface area contributed by atoms with Gasteiger partial charge in [-0.05, 0) is 17.7 Å². The van der Waals surface area contributed by atoms with Crippen LogP contribution in [0.1, 0.15) is 17.5 Å². The van der Waals surface area contributed by atoms with Gasteiger partial charge >= 0.3 is 6.18 Å². The maximum Gasteiger partial charge on any atom is 0.416 e. The van der Waals surface area contributed by atoms with Crippen molar-refractivity contribution in [2.45, 2.75) is 18.2 Å². The Balaban J connectivity index is 2.36. The zero-order valence-corrected chi connectivity index (χ0v) is 8.55. The third-order valence-corrected chi connectivity index (χ3v) is 2.93. The van der Waals surface area contributed by atoms with Gasteiger partial charge < -0.3 is 10.5 Å². The zero-order chi connectivity index (χ0) is 11.8. The van der Waals surface area contributed by atoms with Crippen LogP contribution in [-0.4, -0.2) is 13.2 Å². The number of hydrogen-bond donors (Lipinski definition) is 1. The van der Waals surface area contributed by atoms with Gasteiger partial charge in [-0.25, -0.2) is 0 Å². The van der Waals surface area contributed by atoms with Gasteiger partial charge in [-0.3, -0.25) is 0 Å². The van der Waals surface area contributed by atoms with E-state index in [-0.39, 0.29) is 6.54 Å². The Labute approximate surface area is 91.2 Å². The highest BCUT2D eigenvalue weighted by molar-refractivity contribution is 5.31. The highest BCUT2D eigenvalue weighted by Crippen LogP contribution is 2.38. The van der Waals surface area contributed by atoms with E-state index in [1.165, 1.54) is 6.07 Å². The molecule has 1 aromatic rings. The van der Waals surface area contributed by atoms with Crippen molar-refractivity contribution >= 4 is 0 Å². The summed E-state index contributed by atoms with van der Waals surface area (Å²) < 4.78 is 42.9. The van der Waals surface area contributed by atoms with Gasteiger partial charge in [0.2, 0.25) is 0 Å². The fourth-order valence-electron chi connectivity index (χ4n) is 1.83. The minimum Gasteiger partial charge on any atom is -0.369 e. The van der Waals surface area contributed by atoms with Crippen LogP contribution in [0.4, 0.5) is 13.2 Å². The molecule has 1 heterocycles. The van der Waals surface area contributed by atoms with Gasteiger partial charge in [-0.2, -0.15) is 13.2 Å². The molecule has 0 aromatic heterocycles. The molecule has 88 valence electrons. The average molecular weight is 231 g/mol. The first-order chi connectivity index (χ1) is 7.48. The average Bonchev–Trinajstić information content (AvgIpc) is 2.16. The first-order valence-electron chi connectivity index (χ1n) is 5.00. The monoisotopic (exact) mass is 231 g/mol. The lowest BCUT2D eigenvalue weighted by molar-refractivity contribution is -0.149. The molecule has 0 bridgehead atoms. The van der Waals surface area contributed by atoms with Crippen LogP contribution in [0.25, 0.3) is 0 Å². The summed E-state index contributed by atoms with van der Waals surface area (Å²) >= 11 is 0. The number of ether oxygens (including phenoxy) is 1. The van der Waals surface area contributed by atoms with Gasteiger partial charge in [-0.15, -0.1) is 0 Å². The van der Waals surface area contributed by atoms with Crippen LogP contribution in [0.15, 0.2) is 24.3 Å². The van der Waals surface area contributed by atoms with Gasteiger partial charge in [0.15, 0.2) is 0 Å². The second-order valence-electron chi connectivity index (χ2n) is 3.88. The Kier molecular flexibility index (Phi) is 2.67. The van der Waals surface area contributed by atoms with Crippen LogP contribution in [0.5, 0.6) is 0 Å². The van der Waals surface area contributed by atoms with Crippen molar-refractivity contribution < 1.29 is 17.9 Å². The second kappa shape index (κ2) is 3.75. The van der Waals surface area contributed by atoms with Gasteiger partial charge in [0.25, 0.3) is 0 Å². The predicted molar refractivity (Wildman–Crippen MR) is 52.7 cm³/mol. The molecular weight excluding hydrogens is 219 g/mol. The standard InChI is InChI=1S/C11H12F3NO/c12-11(13,14)9-3-1-2-8(6-9)10(7-15)4-5-16-10/h1-3,6H,4-5,7,15H2. The van der Waals surface area contributed by atoms with E-state index in [9.17, 15) is 13.2 Å². The number of nitrogens with two attached hydrogens (primary N) is 1. The third kappa shape index (κ3) is 1.81. The molecule has 1 aliphatic heterocycles. The highest BCUT2D eigenvalue weighted by Gasteiger charge is 2.40. The van der Waals surface area contributed by atoms with Crippen molar-refractivity contribution in [3.63, 3.8) is 0 Å². The smallest absolute Gasteiger partial charge is 0.369 e. The fraction of sp³-hybridized carbons (Fsp3) is 0.455. The van der Waals surface area contributed by atoms with E-state index in [0.717, 1.165) is 12.1 Å². The van der Waals surface area contributed by atoms with Crippen LogP contribution >= 0.6 is 0 Å². The van der Waals surface area contributed by atoms with Crippen LogP contribution in [0.3, 0.4) is 0 Å². The molecule has 2 rings (SSSR count). The summed E-state index contributed by atoms with van der Waals surface area (Å²) in [5.41, 5.74) is 4.70. The Bertz CT molecular complexity index is 380. The predicted octanol–water partition coefficient (Wildman–Crippen LogP) is 2.28. The third-order valence-electron chi connectivity index (χ3n) is 2.93. The number of halogens is 3. The molecular formula is C11H12F3NO. The highest BCUT2D eigenvalue weighted by atomic mass is 19.4. The molecule has 2 nitrogen and oxygen atoms in total. The summed E-state index contributed by atoms with van der Waals surface area (Å²) in [7, 11) is 0. The fourth-order valence-corrected chi connectivity index (χ4v) is 1.83. The van der Waals surface area contributed by atoms with Crippen molar-refractivity contribution in [1.29, 1.82) is 0 Å². The molecule has 1 unspecified atom stereocenters. The lowest BCUT2D eigenvalue weighted by Gasteiger charge is -2.41. The number of alkyl halides is 3. The molecule has 1 atom stereocenters. The Morgan fingerprint density at radius 2 is 2.06 bits per heavy atom. The van der Waals surface area contributed by atoms with Crippen LogP contribution < -0.4 is 5.73 Å². The van der Waals surface area contributed by atoms with E-state index >= 15 is 0 Å². The molecule has 0 amide bonds. The minimum atomic E-state index is -4.32. The Morgan fingerprint density at radius 1 is 1.38 bits per heavy atom. The molecule has 2 N–H and O–H groups in total. The largest absolute Gasteiger partial charge is 0.416 e. The van der Waals surface area contributed by atoms with Crippen molar-refractivity contribution in [3.05, 3.63) is 35.4 Å². The molecule has 1 aliphatic rings. The summed E-state index contributed by atoms with van der Waals surface area (Å²) in [4.78, 5) is 0. The van der Waals surface area contributed by atoms with Crippen molar-refractivity contribution in [3.8, 4) is 0 Å². The molecule has 0 saturated carbocycles. The summed E-state index contributed by atoms with van der Waals surface area (Å²) in [6.07, 6.45) is -3.65. The van der Waals surface area contributed by atoms with Crippen LogP contribution in [0.2, 0.25) is 0 Å². The quantitative estimate of drug-likeness (QED) is 0.847. The van der Waals surface area contributed by atoms with Gasteiger partial charge in [0, 0.05) is 13.0 Å². The Hall–Kier alpha value is -1.07. The van der Waals surface area contributed by atoms with E-state index in [2.05, 4.69) is 0 Å². The summed E-state index contributed by atoms with van der Waals surface area (Å²) in [5, 5.41) is 0. The lowest BCUT2D eigenvalue weighted by Crippen LogP contribution is -2.47. The number of benzene rings is 1. The molecule has 0 radical (unpaired) electrons. The van der Waals surface area contributed by atoms with E-state index in [0.29, 0.717) is 18.6 Å². The van der Waals surface area contributed by atoms with Gasteiger partial charge in [-0.1, -0.05) is 12.1 Å². The Morgan fingerprint density at radius 3 is 2.50 bits per heavy atom. The molecule has 1 saturated heterocycles. The van der Waals surface area contributed by atoms with Gasteiger partial charge in [0.05, 0.1) is 12.2 Å². The number of rotatable bonds is 2. The van der Waals surface area contributed by atoms with E-state index < -0.39 is 17.3 Å². The SMILES string of the molecule is NCC1(c2cccc(C(F)(F)F)c2)CCO1. The van der Waals surface area contributed by atoms with E-state index in [1.807, 2.05) is 0 Å². The summed E-state index contributed by atoms with van der Waals surface area (Å²) in [6, 6.07) is 5.18. The molecule has 0 aliphatic carbocycles. The first kappa shape index (κ1) is 11.4. The first-order valence-corrected chi connectivity index (χ1v) is 5.00.